The third-order valence-corrected chi connectivity index (χ3v) is 7.17. The van der Waals surface area contributed by atoms with Crippen molar-refractivity contribution >= 4 is 18.9 Å². The van der Waals surface area contributed by atoms with Gasteiger partial charge in [-0.2, -0.15) is 0 Å². The third kappa shape index (κ3) is 3.43. The number of hydrogen-bond donors (Lipinski definition) is 0. The fourth-order valence-corrected chi connectivity index (χ4v) is 5.70. The molecule has 0 aliphatic rings. The van der Waals surface area contributed by atoms with Crippen LogP contribution in [0.25, 0.3) is 0 Å². The van der Waals surface area contributed by atoms with E-state index in [1.54, 1.807) is 0 Å². The molecule has 0 heterocycles. The Morgan fingerprint density at radius 2 is 1.24 bits per heavy atom. The van der Waals surface area contributed by atoms with Gasteiger partial charge in [0.05, 0.1) is 0 Å². The monoisotopic (exact) mass is 300 g/mol. The van der Waals surface area contributed by atoms with E-state index in [1.165, 1.54) is 10.8 Å². The lowest BCUT2D eigenvalue weighted by Crippen LogP contribution is -2.63. The lowest BCUT2D eigenvalue weighted by Gasteiger charge is -2.30. The summed E-state index contributed by atoms with van der Waals surface area (Å²) in [7, 11) is -2.58. The topological polar surface area (TPSA) is 18.5 Å². The van der Waals surface area contributed by atoms with Crippen LogP contribution in [0.3, 0.4) is 0 Å². The molecule has 2 nitrogen and oxygen atoms in total. The lowest BCUT2D eigenvalue weighted by atomic mass is 10.2. The molecule has 0 radical (unpaired) electrons. The number of rotatable bonds is 7. The summed E-state index contributed by atoms with van der Waals surface area (Å²) in [6.07, 6.45) is 1.05. The van der Waals surface area contributed by atoms with Gasteiger partial charge in [-0.3, -0.25) is 0 Å². The highest BCUT2D eigenvalue weighted by Gasteiger charge is 2.42. The molecule has 0 amide bonds. The van der Waals surface area contributed by atoms with E-state index < -0.39 is 8.56 Å². The Kier molecular flexibility index (Phi) is 5.73. The van der Waals surface area contributed by atoms with Crippen LogP contribution in [-0.2, 0) is 15.3 Å². The summed E-state index contributed by atoms with van der Waals surface area (Å²) in [6, 6.07) is 19.1. The first-order valence-corrected chi connectivity index (χ1v) is 9.51. The zero-order valence-electron chi connectivity index (χ0n) is 13.1. The van der Waals surface area contributed by atoms with Gasteiger partial charge in [0.2, 0.25) is 0 Å². The van der Waals surface area contributed by atoms with E-state index in [2.05, 4.69) is 55.5 Å². The van der Waals surface area contributed by atoms with Crippen LogP contribution in [0, 0.1) is 0 Å². The second-order valence-corrected chi connectivity index (χ2v) is 7.86. The van der Waals surface area contributed by atoms with Crippen LogP contribution in [-0.4, -0.2) is 21.8 Å². The van der Waals surface area contributed by atoms with Crippen molar-refractivity contribution in [1.29, 1.82) is 0 Å². The number of benzene rings is 2. The summed E-state index contributed by atoms with van der Waals surface area (Å²) < 4.78 is 12.5. The van der Waals surface area contributed by atoms with Crippen LogP contribution in [0.15, 0.2) is 54.6 Å². The second-order valence-electron chi connectivity index (χ2n) is 4.90. The minimum absolute atomic E-state index is 0.649. The Hall–Kier alpha value is -1.42. The molecular weight excluding hydrogens is 276 g/mol. The predicted molar refractivity (Wildman–Crippen MR) is 90.5 cm³/mol. The van der Waals surface area contributed by atoms with Gasteiger partial charge in [0.1, 0.15) is 0 Å². The zero-order valence-corrected chi connectivity index (χ0v) is 14.1. The summed E-state index contributed by atoms with van der Waals surface area (Å²) in [5, 5.41) is 2.34. The second kappa shape index (κ2) is 7.55. The summed E-state index contributed by atoms with van der Waals surface area (Å²) in [4.78, 5) is 0. The van der Waals surface area contributed by atoms with Crippen molar-refractivity contribution in [2.24, 2.45) is 0 Å². The fraction of sp³-hybridized carbons (Fsp3) is 0.333. The van der Waals surface area contributed by atoms with Gasteiger partial charge in [0.15, 0.2) is 0 Å². The van der Waals surface area contributed by atoms with Crippen molar-refractivity contribution in [1.82, 2.24) is 0 Å². The Balaban J connectivity index is 2.52. The molecule has 0 saturated carbocycles. The molecule has 2 aromatic rings. The molecule has 0 spiro atoms. The van der Waals surface area contributed by atoms with Crippen molar-refractivity contribution in [2.45, 2.75) is 27.2 Å². The summed E-state index contributed by atoms with van der Waals surface area (Å²) in [5.74, 6) is 0. The van der Waals surface area contributed by atoms with E-state index in [1.807, 2.05) is 19.9 Å². The number of aryl methyl sites for hydroxylation is 1. The van der Waals surface area contributed by atoms with Gasteiger partial charge in [0, 0.05) is 13.2 Å². The molecule has 112 valence electrons. The largest absolute Gasteiger partial charge is 0.407 e. The van der Waals surface area contributed by atoms with Gasteiger partial charge in [-0.1, -0.05) is 61.5 Å². The molecule has 0 aliphatic heterocycles. The van der Waals surface area contributed by atoms with Gasteiger partial charge in [-0.05, 0) is 36.2 Å². The maximum atomic E-state index is 6.23. The Morgan fingerprint density at radius 1 is 0.714 bits per heavy atom. The summed E-state index contributed by atoms with van der Waals surface area (Å²) in [5.41, 5.74) is 1.34. The smallest absolute Gasteiger partial charge is 0.388 e. The molecule has 2 rings (SSSR count). The molecule has 2 aromatic carbocycles. The quantitative estimate of drug-likeness (QED) is 0.732. The van der Waals surface area contributed by atoms with Crippen LogP contribution >= 0.6 is 0 Å². The molecular formula is C18H24O2Si. The van der Waals surface area contributed by atoms with Crippen LogP contribution in [0.2, 0.25) is 0 Å². The highest BCUT2D eigenvalue weighted by molar-refractivity contribution is 6.92. The molecule has 0 N–H and O–H groups in total. The van der Waals surface area contributed by atoms with Crippen molar-refractivity contribution in [3.05, 3.63) is 60.2 Å². The van der Waals surface area contributed by atoms with E-state index >= 15 is 0 Å². The van der Waals surface area contributed by atoms with Crippen molar-refractivity contribution in [2.75, 3.05) is 13.2 Å². The standard InChI is InChI=1S/C18H24O2Si/c1-4-16-12-14-18(15-13-16)21(19-5-2,20-6-3)17-10-8-7-9-11-17/h7-15H,4-6H2,1-3H3. The molecule has 21 heavy (non-hydrogen) atoms. The van der Waals surface area contributed by atoms with Crippen molar-refractivity contribution in [3.8, 4) is 0 Å². The molecule has 0 fully saturated rings. The average Bonchev–Trinajstić information content (AvgIpc) is 2.55. The van der Waals surface area contributed by atoms with E-state index in [0.29, 0.717) is 13.2 Å². The van der Waals surface area contributed by atoms with Crippen LogP contribution in [0.1, 0.15) is 26.3 Å². The van der Waals surface area contributed by atoms with E-state index in [-0.39, 0.29) is 0 Å². The minimum atomic E-state index is -2.58. The van der Waals surface area contributed by atoms with E-state index in [9.17, 15) is 0 Å². The Bertz CT molecular complexity index is 531. The molecule has 0 unspecified atom stereocenters. The van der Waals surface area contributed by atoms with Crippen LogP contribution in [0.5, 0.6) is 0 Å². The van der Waals surface area contributed by atoms with Crippen LogP contribution < -0.4 is 10.4 Å². The third-order valence-electron chi connectivity index (χ3n) is 3.59. The molecule has 0 aromatic heterocycles. The molecule has 3 heteroatoms. The molecule has 0 saturated heterocycles. The van der Waals surface area contributed by atoms with Crippen molar-refractivity contribution in [3.63, 3.8) is 0 Å². The first kappa shape index (κ1) is 16.0. The van der Waals surface area contributed by atoms with Gasteiger partial charge in [-0.15, -0.1) is 0 Å². The molecule has 0 aliphatic carbocycles. The highest BCUT2D eigenvalue weighted by atomic mass is 28.4. The maximum Gasteiger partial charge on any atom is 0.407 e. The fourth-order valence-electron chi connectivity index (χ4n) is 2.57. The van der Waals surface area contributed by atoms with Crippen LogP contribution in [0.4, 0.5) is 0 Å². The molecule has 0 atom stereocenters. The van der Waals surface area contributed by atoms with E-state index in [4.69, 9.17) is 8.85 Å². The molecule has 0 bridgehead atoms. The van der Waals surface area contributed by atoms with Crippen molar-refractivity contribution < 1.29 is 8.85 Å². The Labute approximate surface area is 129 Å². The van der Waals surface area contributed by atoms with E-state index in [0.717, 1.165) is 11.6 Å². The summed E-state index contributed by atoms with van der Waals surface area (Å²) >= 11 is 0. The zero-order chi connectivity index (χ0) is 15.1. The predicted octanol–water partition coefficient (Wildman–Crippen LogP) is 2.88. The van der Waals surface area contributed by atoms with Gasteiger partial charge in [0.25, 0.3) is 0 Å². The minimum Gasteiger partial charge on any atom is -0.388 e. The van der Waals surface area contributed by atoms with Gasteiger partial charge < -0.3 is 8.85 Å². The lowest BCUT2D eigenvalue weighted by molar-refractivity contribution is 0.208. The highest BCUT2D eigenvalue weighted by Crippen LogP contribution is 2.11. The first-order valence-electron chi connectivity index (χ1n) is 7.69. The summed E-state index contributed by atoms with van der Waals surface area (Å²) in [6.45, 7) is 7.53. The Morgan fingerprint density at radius 3 is 1.71 bits per heavy atom. The van der Waals surface area contributed by atoms with Gasteiger partial charge in [-0.25, -0.2) is 0 Å². The normalized spacial score (nSPS) is 11.6. The number of hydrogen-bond acceptors (Lipinski definition) is 2. The first-order chi connectivity index (χ1) is 10.3. The van der Waals surface area contributed by atoms with Gasteiger partial charge >= 0.3 is 8.56 Å². The average molecular weight is 300 g/mol. The maximum absolute atomic E-state index is 6.23. The SMILES string of the molecule is CCO[Si](OCC)(c1ccccc1)c1ccc(CC)cc1.